The SMILES string of the molecule is N#CCN1N=Nc2ccccc2C1O. The van der Waals surface area contributed by atoms with Crippen molar-refractivity contribution in [3.05, 3.63) is 29.8 Å². The summed E-state index contributed by atoms with van der Waals surface area (Å²) >= 11 is 0. The molecule has 1 unspecified atom stereocenters. The highest BCUT2D eigenvalue weighted by molar-refractivity contribution is 5.47. The Morgan fingerprint density at radius 3 is 3.07 bits per heavy atom. The predicted molar refractivity (Wildman–Crippen MR) is 48.2 cm³/mol. The van der Waals surface area contributed by atoms with Crippen molar-refractivity contribution < 1.29 is 5.11 Å². The van der Waals surface area contributed by atoms with Gasteiger partial charge in [0.15, 0.2) is 6.23 Å². The molecule has 0 bridgehead atoms. The van der Waals surface area contributed by atoms with E-state index in [0.717, 1.165) is 0 Å². The molecular formula is C9H8N4O. The zero-order valence-corrected chi connectivity index (χ0v) is 7.33. The Morgan fingerprint density at radius 2 is 2.29 bits per heavy atom. The molecular weight excluding hydrogens is 180 g/mol. The minimum atomic E-state index is -0.872. The third kappa shape index (κ3) is 1.32. The molecule has 2 rings (SSSR count). The number of aliphatic hydroxyl groups is 1. The summed E-state index contributed by atoms with van der Waals surface area (Å²) in [5.74, 6) is 0. The highest BCUT2D eigenvalue weighted by atomic mass is 16.3. The van der Waals surface area contributed by atoms with Crippen LogP contribution in [0.25, 0.3) is 0 Å². The molecule has 14 heavy (non-hydrogen) atoms. The maximum absolute atomic E-state index is 9.77. The summed E-state index contributed by atoms with van der Waals surface area (Å²) in [7, 11) is 0. The van der Waals surface area contributed by atoms with Crippen LogP contribution in [0.15, 0.2) is 34.6 Å². The van der Waals surface area contributed by atoms with Crippen molar-refractivity contribution in [1.29, 1.82) is 5.26 Å². The van der Waals surface area contributed by atoms with Gasteiger partial charge in [-0.1, -0.05) is 23.4 Å². The van der Waals surface area contributed by atoms with Crippen molar-refractivity contribution >= 4 is 5.69 Å². The molecule has 1 N–H and O–H groups in total. The van der Waals surface area contributed by atoms with E-state index in [1.807, 2.05) is 18.2 Å². The molecule has 5 heteroatoms. The van der Waals surface area contributed by atoms with Crippen LogP contribution in [0.3, 0.4) is 0 Å². The molecule has 0 amide bonds. The Labute approximate surface area is 80.9 Å². The quantitative estimate of drug-likeness (QED) is 0.679. The van der Waals surface area contributed by atoms with Gasteiger partial charge in [-0.3, -0.25) is 0 Å². The van der Waals surface area contributed by atoms with E-state index in [1.54, 1.807) is 12.1 Å². The van der Waals surface area contributed by atoms with Crippen LogP contribution in [0.4, 0.5) is 5.69 Å². The van der Waals surface area contributed by atoms with Crippen molar-refractivity contribution in [1.82, 2.24) is 5.01 Å². The number of nitriles is 1. The Kier molecular flexibility index (Phi) is 2.13. The Bertz CT molecular complexity index is 410. The minimum absolute atomic E-state index is 0.0268. The molecule has 0 aromatic heterocycles. The van der Waals surface area contributed by atoms with Gasteiger partial charge >= 0.3 is 0 Å². The van der Waals surface area contributed by atoms with Gasteiger partial charge in [-0.25, -0.2) is 5.01 Å². The molecule has 0 saturated heterocycles. The molecule has 1 aliphatic heterocycles. The molecule has 1 aliphatic rings. The van der Waals surface area contributed by atoms with Gasteiger partial charge in [0.05, 0.1) is 11.8 Å². The van der Waals surface area contributed by atoms with Crippen LogP contribution in [-0.2, 0) is 0 Å². The summed E-state index contributed by atoms with van der Waals surface area (Å²) in [4.78, 5) is 0. The molecule has 1 aromatic rings. The van der Waals surface area contributed by atoms with Crippen LogP contribution in [0.5, 0.6) is 0 Å². The second-order valence-corrected chi connectivity index (χ2v) is 2.88. The van der Waals surface area contributed by atoms with E-state index in [0.29, 0.717) is 11.3 Å². The van der Waals surface area contributed by atoms with Crippen molar-refractivity contribution in [3.8, 4) is 6.07 Å². The first kappa shape index (κ1) is 8.66. The maximum Gasteiger partial charge on any atom is 0.173 e. The van der Waals surface area contributed by atoms with E-state index >= 15 is 0 Å². The second kappa shape index (κ2) is 3.44. The van der Waals surface area contributed by atoms with E-state index in [2.05, 4.69) is 10.3 Å². The lowest BCUT2D eigenvalue weighted by Gasteiger charge is -2.25. The summed E-state index contributed by atoms with van der Waals surface area (Å²) in [5.41, 5.74) is 1.33. The summed E-state index contributed by atoms with van der Waals surface area (Å²) in [6, 6.07) is 9.08. The average Bonchev–Trinajstić information content (AvgIpc) is 2.23. The van der Waals surface area contributed by atoms with E-state index in [9.17, 15) is 5.11 Å². The van der Waals surface area contributed by atoms with Crippen LogP contribution < -0.4 is 0 Å². The Balaban J connectivity index is 2.36. The standard InChI is InChI=1S/C9H8N4O/c10-5-6-13-9(14)7-3-1-2-4-8(7)11-12-13/h1-4,9,14H,6H2. The first-order valence-corrected chi connectivity index (χ1v) is 4.15. The number of nitrogens with zero attached hydrogens (tertiary/aromatic N) is 4. The third-order valence-electron chi connectivity index (χ3n) is 2.00. The number of benzene rings is 1. The number of fused-ring (bicyclic) bond motifs is 1. The summed E-state index contributed by atoms with van der Waals surface area (Å²) in [5, 5.41) is 27.1. The van der Waals surface area contributed by atoms with Crippen LogP contribution in [-0.4, -0.2) is 16.7 Å². The molecule has 5 nitrogen and oxygen atoms in total. The Hall–Kier alpha value is -1.93. The minimum Gasteiger partial charge on any atom is -0.368 e. The lowest BCUT2D eigenvalue weighted by Crippen LogP contribution is -2.25. The largest absolute Gasteiger partial charge is 0.368 e. The van der Waals surface area contributed by atoms with Gasteiger partial charge in [0.1, 0.15) is 6.54 Å². The number of hydrogen-bond donors (Lipinski definition) is 1. The molecule has 1 atom stereocenters. The van der Waals surface area contributed by atoms with Crippen molar-refractivity contribution in [2.24, 2.45) is 10.3 Å². The first-order valence-electron chi connectivity index (χ1n) is 4.15. The number of hydrogen-bond acceptors (Lipinski definition) is 5. The summed E-state index contributed by atoms with van der Waals surface area (Å²) in [6.07, 6.45) is -0.872. The van der Waals surface area contributed by atoms with Gasteiger partial charge in [0.25, 0.3) is 0 Å². The van der Waals surface area contributed by atoms with Crippen LogP contribution in [0.1, 0.15) is 11.8 Å². The normalized spacial score (nSPS) is 18.9. The molecule has 1 aromatic carbocycles. The molecule has 0 aliphatic carbocycles. The molecule has 0 saturated carbocycles. The van der Waals surface area contributed by atoms with Crippen LogP contribution in [0.2, 0.25) is 0 Å². The average molecular weight is 188 g/mol. The monoisotopic (exact) mass is 188 g/mol. The highest BCUT2D eigenvalue weighted by Gasteiger charge is 2.22. The third-order valence-corrected chi connectivity index (χ3v) is 2.00. The van der Waals surface area contributed by atoms with E-state index in [1.165, 1.54) is 5.01 Å². The molecule has 1 heterocycles. The highest BCUT2D eigenvalue weighted by Crippen LogP contribution is 2.32. The van der Waals surface area contributed by atoms with Gasteiger partial charge in [0.2, 0.25) is 0 Å². The fourth-order valence-corrected chi connectivity index (χ4v) is 1.30. The van der Waals surface area contributed by atoms with Gasteiger partial charge in [-0.05, 0) is 6.07 Å². The number of aliphatic hydroxyl groups excluding tert-OH is 1. The zero-order valence-electron chi connectivity index (χ0n) is 7.33. The van der Waals surface area contributed by atoms with Gasteiger partial charge in [-0.2, -0.15) is 5.26 Å². The van der Waals surface area contributed by atoms with Gasteiger partial charge < -0.3 is 5.11 Å². The molecule has 70 valence electrons. The van der Waals surface area contributed by atoms with E-state index in [4.69, 9.17) is 5.26 Å². The Morgan fingerprint density at radius 1 is 1.50 bits per heavy atom. The zero-order chi connectivity index (χ0) is 9.97. The van der Waals surface area contributed by atoms with E-state index < -0.39 is 6.23 Å². The molecule has 0 radical (unpaired) electrons. The van der Waals surface area contributed by atoms with Crippen LogP contribution in [0, 0.1) is 11.3 Å². The van der Waals surface area contributed by atoms with Gasteiger partial charge in [-0.15, -0.1) is 5.11 Å². The number of rotatable bonds is 1. The summed E-state index contributed by atoms with van der Waals surface area (Å²) in [6.45, 7) is 0.0268. The second-order valence-electron chi connectivity index (χ2n) is 2.88. The topological polar surface area (TPSA) is 72.0 Å². The smallest absolute Gasteiger partial charge is 0.173 e. The molecule has 0 spiro atoms. The van der Waals surface area contributed by atoms with Crippen molar-refractivity contribution in [2.45, 2.75) is 6.23 Å². The fraction of sp³-hybridized carbons (Fsp3) is 0.222. The first-order chi connectivity index (χ1) is 6.83. The predicted octanol–water partition coefficient (Wildman–Crippen LogP) is 1.52. The summed E-state index contributed by atoms with van der Waals surface area (Å²) < 4.78 is 0. The van der Waals surface area contributed by atoms with Crippen LogP contribution >= 0.6 is 0 Å². The maximum atomic E-state index is 9.77. The lowest BCUT2D eigenvalue weighted by atomic mass is 10.1. The van der Waals surface area contributed by atoms with Crippen molar-refractivity contribution in [3.63, 3.8) is 0 Å². The van der Waals surface area contributed by atoms with Gasteiger partial charge in [0, 0.05) is 5.56 Å². The lowest BCUT2D eigenvalue weighted by molar-refractivity contribution is 0.00216. The van der Waals surface area contributed by atoms with E-state index in [-0.39, 0.29) is 6.54 Å². The molecule has 0 fully saturated rings. The van der Waals surface area contributed by atoms with Crippen molar-refractivity contribution in [2.75, 3.05) is 6.54 Å². The fourth-order valence-electron chi connectivity index (χ4n) is 1.30.